The maximum Gasteiger partial charge on any atom is 0.232 e. The lowest BCUT2D eigenvalue weighted by atomic mass is 10.1. The fourth-order valence-electron chi connectivity index (χ4n) is 2.78. The van der Waals surface area contributed by atoms with Crippen LogP contribution < -0.4 is 14.5 Å². The summed E-state index contributed by atoms with van der Waals surface area (Å²) in [7, 11) is -3.43. The molecule has 0 aliphatic rings. The molecular formula is C18H31N3O3S. The van der Waals surface area contributed by atoms with Gasteiger partial charge in [0.2, 0.25) is 15.9 Å². The molecule has 1 rings (SSSR count). The molecule has 0 atom stereocenters. The molecule has 0 saturated carbocycles. The van der Waals surface area contributed by atoms with E-state index in [2.05, 4.69) is 24.1 Å². The highest BCUT2D eigenvalue weighted by molar-refractivity contribution is 7.92. The van der Waals surface area contributed by atoms with Crippen molar-refractivity contribution >= 4 is 27.3 Å². The Morgan fingerprint density at radius 1 is 1.16 bits per heavy atom. The summed E-state index contributed by atoms with van der Waals surface area (Å²) in [6, 6.07) is 5.80. The first kappa shape index (κ1) is 21.3. The van der Waals surface area contributed by atoms with Gasteiger partial charge < -0.3 is 10.2 Å². The maximum absolute atomic E-state index is 12.2. The van der Waals surface area contributed by atoms with Gasteiger partial charge in [0.25, 0.3) is 0 Å². The number of sulfonamides is 1. The van der Waals surface area contributed by atoms with Crippen molar-refractivity contribution in [3.63, 3.8) is 0 Å². The van der Waals surface area contributed by atoms with E-state index in [0.717, 1.165) is 30.8 Å². The third-order valence-electron chi connectivity index (χ3n) is 4.09. The Hall–Kier alpha value is -1.76. The summed E-state index contributed by atoms with van der Waals surface area (Å²) in [5, 5.41) is 2.77. The summed E-state index contributed by atoms with van der Waals surface area (Å²) in [6.45, 7) is 10.3. The van der Waals surface area contributed by atoms with Gasteiger partial charge in [-0.3, -0.25) is 9.10 Å². The van der Waals surface area contributed by atoms with E-state index in [1.165, 1.54) is 10.6 Å². The lowest BCUT2D eigenvalue weighted by molar-refractivity contribution is -0.121. The molecular weight excluding hydrogens is 338 g/mol. The van der Waals surface area contributed by atoms with E-state index in [1.54, 1.807) is 0 Å². The molecule has 7 heteroatoms. The first-order chi connectivity index (χ1) is 11.7. The van der Waals surface area contributed by atoms with E-state index in [4.69, 9.17) is 0 Å². The van der Waals surface area contributed by atoms with Crippen LogP contribution >= 0.6 is 0 Å². The second kappa shape index (κ2) is 9.65. The van der Waals surface area contributed by atoms with Gasteiger partial charge in [-0.1, -0.05) is 6.92 Å². The Bertz CT molecular complexity index is 670. The average molecular weight is 370 g/mol. The SMILES string of the molecule is CCCC(=O)NCCN(c1ccc(N(CC)CC)cc1C)S(C)(=O)=O. The third-order valence-corrected chi connectivity index (χ3v) is 5.27. The van der Waals surface area contributed by atoms with E-state index in [-0.39, 0.29) is 12.5 Å². The van der Waals surface area contributed by atoms with Crippen LogP contribution in [0.5, 0.6) is 0 Å². The third kappa shape index (κ3) is 6.23. The van der Waals surface area contributed by atoms with Crippen LogP contribution in [0.2, 0.25) is 0 Å². The van der Waals surface area contributed by atoms with Gasteiger partial charge in [0, 0.05) is 31.7 Å². The Kier molecular flexibility index (Phi) is 8.22. The van der Waals surface area contributed by atoms with Crippen LogP contribution in [0, 0.1) is 6.92 Å². The quantitative estimate of drug-likeness (QED) is 0.688. The lowest BCUT2D eigenvalue weighted by Crippen LogP contribution is -2.38. The predicted octanol–water partition coefficient (Wildman–Crippen LogP) is 2.52. The highest BCUT2D eigenvalue weighted by atomic mass is 32.2. The van der Waals surface area contributed by atoms with Gasteiger partial charge in [-0.05, 0) is 51.0 Å². The standard InChI is InChI=1S/C18H31N3O3S/c1-6-9-18(22)19-12-13-21(25(5,23)24)17-11-10-16(14-15(17)4)20(7-2)8-3/h10-11,14H,6-9,12-13H2,1-5H3,(H,19,22). The van der Waals surface area contributed by atoms with Crippen molar-refractivity contribution < 1.29 is 13.2 Å². The van der Waals surface area contributed by atoms with Crippen molar-refractivity contribution in [2.75, 3.05) is 41.6 Å². The Balaban J connectivity index is 2.98. The fourth-order valence-corrected chi connectivity index (χ4v) is 3.77. The zero-order chi connectivity index (χ0) is 19.0. The van der Waals surface area contributed by atoms with Gasteiger partial charge in [0.1, 0.15) is 0 Å². The number of nitrogens with zero attached hydrogens (tertiary/aromatic N) is 2. The molecule has 0 spiro atoms. The normalized spacial score (nSPS) is 11.2. The second-order valence-electron chi connectivity index (χ2n) is 6.08. The number of nitrogens with one attached hydrogen (secondary N) is 1. The van der Waals surface area contributed by atoms with Crippen molar-refractivity contribution in [1.29, 1.82) is 0 Å². The van der Waals surface area contributed by atoms with E-state index in [0.29, 0.717) is 18.7 Å². The molecule has 1 aromatic rings. The molecule has 1 aromatic carbocycles. The fraction of sp³-hybridized carbons (Fsp3) is 0.611. The van der Waals surface area contributed by atoms with Crippen LogP contribution in [0.15, 0.2) is 18.2 Å². The number of amides is 1. The first-order valence-corrected chi connectivity index (χ1v) is 10.7. The summed E-state index contributed by atoms with van der Waals surface area (Å²) in [5.41, 5.74) is 2.63. The minimum absolute atomic E-state index is 0.0513. The van der Waals surface area contributed by atoms with Crippen molar-refractivity contribution in [2.45, 2.75) is 40.5 Å². The van der Waals surface area contributed by atoms with Gasteiger partial charge in [0.15, 0.2) is 0 Å². The van der Waals surface area contributed by atoms with Gasteiger partial charge >= 0.3 is 0 Å². The van der Waals surface area contributed by atoms with Crippen LogP contribution in [0.25, 0.3) is 0 Å². The van der Waals surface area contributed by atoms with Gasteiger partial charge in [-0.2, -0.15) is 0 Å². The summed E-state index contributed by atoms with van der Waals surface area (Å²) in [5.74, 6) is -0.0513. The van der Waals surface area contributed by atoms with Crippen LogP contribution in [0.1, 0.15) is 39.2 Å². The molecule has 6 nitrogen and oxygen atoms in total. The zero-order valence-corrected chi connectivity index (χ0v) is 16.8. The van der Waals surface area contributed by atoms with Crippen molar-refractivity contribution in [1.82, 2.24) is 5.32 Å². The minimum Gasteiger partial charge on any atom is -0.372 e. The molecule has 142 valence electrons. The number of carbonyl (C=O) groups excluding carboxylic acids is 1. The molecule has 0 fully saturated rings. The molecule has 0 heterocycles. The molecule has 0 unspecified atom stereocenters. The summed E-state index contributed by atoms with van der Waals surface area (Å²) >= 11 is 0. The predicted molar refractivity (Wildman–Crippen MR) is 105 cm³/mol. The van der Waals surface area contributed by atoms with Crippen LogP contribution in [0.4, 0.5) is 11.4 Å². The average Bonchev–Trinajstić information content (AvgIpc) is 2.53. The highest BCUT2D eigenvalue weighted by Gasteiger charge is 2.19. The molecule has 0 aliphatic carbocycles. The van der Waals surface area contributed by atoms with Gasteiger partial charge in [-0.15, -0.1) is 0 Å². The summed E-state index contributed by atoms with van der Waals surface area (Å²) in [6.07, 6.45) is 2.42. The molecule has 1 amide bonds. The Morgan fingerprint density at radius 2 is 1.80 bits per heavy atom. The smallest absolute Gasteiger partial charge is 0.232 e. The number of benzene rings is 1. The molecule has 0 saturated heterocycles. The monoisotopic (exact) mass is 369 g/mol. The van der Waals surface area contributed by atoms with Crippen LogP contribution in [0.3, 0.4) is 0 Å². The maximum atomic E-state index is 12.2. The summed E-state index contributed by atoms with van der Waals surface area (Å²) < 4.78 is 25.8. The van der Waals surface area contributed by atoms with Crippen molar-refractivity contribution in [3.8, 4) is 0 Å². The second-order valence-corrected chi connectivity index (χ2v) is 7.98. The molecule has 1 N–H and O–H groups in total. The van der Waals surface area contributed by atoms with Crippen LogP contribution in [-0.2, 0) is 14.8 Å². The number of rotatable bonds is 10. The topological polar surface area (TPSA) is 69.7 Å². The number of carbonyl (C=O) groups is 1. The van der Waals surface area contributed by atoms with Crippen LogP contribution in [-0.4, -0.2) is 46.8 Å². The highest BCUT2D eigenvalue weighted by Crippen LogP contribution is 2.27. The van der Waals surface area contributed by atoms with Gasteiger partial charge in [0.05, 0.1) is 18.5 Å². The molecule has 0 aliphatic heterocycles. The van der Waals surface area contributed by atoms with Gasteiger partial charge in [-0.25, -0.2) is 8.42 Å². The summed E-state index contributed by atoms with van der Waals surface area (Å²) in [4.78, 5) is 13.8. The van der Waals surface area contributed by atoms with E-state index in [1.807, 2.05) is 32.0 Å². The van der Waals surface area contributed by atoms with E-state index >= 15 is 0 Å². The molecule has 0 aromatic heterocycles. The minimum atomic E-state index is -3.43. The molecule has 0 radical (unpaired) electrons. The zero-order valence-electron chi connectivity index (χ0n) is 16.0. The molecule has 0 bridgehead atoms. The Labute approximate surface area is 152 Å². The van der Waals surface area contributed by atoms with Crippen molar-refractivity contribution in [2.24, 2.45) is 0 Å². The number of hydrogen-bond donors (Lipinski definition) is 1. The van der Waals surface area contributed by atoms with E-state index in [9.17, 15) is 13.2 Å². The first-order valence-electron chi connectivity index (χ1n) is 8.84. The van der Waals surface area contributed by atoms with Crippen molar-refractivity contribution in [3.05, 3.63) is 23.8 Å². The molecule has 25 heavy (non-hydrogen) atoms. The largest absolute Gasteiger partial charge is 0.372 e. The lowest BCUT2D eigenvalue weighted by Gasteiger charge is -2.27. The Morgan fingerprint density at radius 3 is 2.28 bits per heavy atom. The number of anilines is 2. The number of aryl methyl sites for hydroxylation is 1. The number of hydrogen-bond acceptors (Lipinski definition) is 4. The van der Waals surface area contributed by atoms with E-state index < -0.39 is 10.0 Å².